The number of hydrogen-bond acceptors (Lipinski definition) is 3. The number of rotatable bonds is 11. The van der Waals surface area contributed by atoms with Gasteiger partial charge in [-0.15, -0.1) is 0 Å². The first-order valence-electron chi connectivity index (χ1n) is 10.1. The molecule has 0 heterocycles. The number of hydrogen-bond donors (Lipinski definition) is 1. The van der Waals surface area contributed by atoms with Crippen LogP contribution < -0.4 is 10.1 Å². The van der Waals surface area contributed by atoms with Gasteiger partial charge in [-0.2, -0.15) is 0 Å². The summed E-state index contributed by atoms with van der Waals surface area (Å²) in [6.45, 7) is 4.83. The lowest BCUT2D eigenvalue weighted by Crippen LogP contribution is -2.47. The van der Waals surface area contributed by atoms with Crippen molar-refractivity contribution in [3.63, 3.8) is 0 Å². The van der Waals surface area contributed by atoms with Crippen LogP contribution >= 0.6 is 11.6 Å². The first kappa shape index (κ1) is 23.7. The van der Waals surface area contributed by atoms with Crippen LogP contribution in [-0.2, 0) is 16.1 Å². The van der Waals surface area contributed by atoms with Crippen LogP contribution in [0.3, 0.4) is 0 Å². The molecule has 2 amide bonds. The molecule has 2 aromatic rings. The van der Waals surface area contributed by atoms with E-state index in [-0.39, 0.29) is 30.6 Å². The van der Waals surface area contributed by atoms with Crippen molar-refractivity contribution >= 4 is 23.4 Å². The highest BCUT2D eigenvalue weighted by molar-refractivity contribution is 6.30. The van der Waals surface area contributed by atoms with E-state index < -0.39 is 6.04 Å². The van der Waals surface area contributed by atoms with Gasteiger partial charge in [-0.25, -0.2) is 4.39 Å². The summed E-state index contributed by atoms with van der Waals surface area (Å²) in [6, 6.07) is 12.3. The third-order valence-corrected chi connectivity index (χ3v) is 4.85. The van der Waals surface area contributed by atoms with Crippen LogP contribution in [0.2, 0.25) is 5.02 Å². The summed E-state index contributed by atoms with van der Waals surface area (Å²) in [5, 5.41) is 3.46. The molecule has 1 N–H and O–H groups in total. The third kappa shape index (κ3) is 7.67. The molecule has 162 valence electrons. The predicted molar refractivity (Wildman–Crippen MR) is 116 cm³/mol. The summed E-state index contributed by atoms with van der Waals surface area (Å²) in [6.07, 6.45) is 1.55. The van der Waals surface area contributed by atoms with Gasteiger partial charge in [0, 0.05) is 24.5 Å². The summed E-state index contributed by atoms with van der Waals surface area (Å²) in [5.74, 6) is -0.0186. The molecule has 0 aliphatic heterocycles. The molecule has 0 aliphatic carbocycles. The van der Waals surface area contributed by atoms with Gasteiger partial charge in [0.05, 0.1) is 6.61 Å². The summed E-state index contributed by atoms with van der Waals surface area (Å²) >= 11 is 5.85. The molecule has 0 aliphatic rings. The van der Waals surface area contributed by atoms with E-state index in [0.717, 1.165) is 12.0 Å². The monoisotopic (exact) mass is 434 g/mol. The predicted octanol–water partition coefficient (Wildman–Crippen LogP) is 4.58. The van der Waals surface area contributed by atoms with E-state index in [9.17, 15) is 14.0 Å². The molecule has 2 rings (SSSR count). The Morgan fingerprint density at radius 2 is 1.80 bits per heavy atom. The van der Waals surface area contributed by atoms with Crippen LogP contribution in [0.15, 0.2) is 48.5 Å². The normalized spacial score (nSPS) is 11.6. The van der Waals surface area contributed by atoms with E-state index in [1.807, 2.05) is 6.92 Å². The largest absolute Gasteiger partial charge is 0.494 e. The van der Waals surface area contributed by atoms with E-state index in [1.165, 1.54) is 17.0 Å². The zero-order valence-electron chi connectivity index (χ0n) is 17.4. The molecule has 5 nitrogen and oxygen atoms in total. The molecule has 0 spiro atoms. The standard InChI is InChI=1S/C23H28ClFN2O3/c1-3-14-26-23(29)17(2)27(16-18-6-10-20(25)11-7-18)22(28)5-4-15-30-21-12-8-19(24)9-13-21/h6-13,17H,3-5,14-16H2,1-2H3,(H,26,29). The smallest absolute Gasteiger partial charge is 0.242 e. The second-order valence-electron chi connectivity index (χ2n) is 7.02. The molecule has 0 fully saturated rings. The van der Waals surface area contributed by atoms with E-state index >= 15 is 0 Å². The number of carbonyl (C=O) groups excluding carboxylic acids is 2. The van der Waals surface area contributed by atoms with Gasteiger partial charge in [-0.1, -0.05) is 30.7 Å². The topological polar surface area (TPSA) is 58.6 Å². The van der Waals surface area contributed by atoms with Crippen LogP contribution in [0.4, 0.5) is 4.39 Å². The molecule has 1 atom stereocenters. The summed E-state index contributed by atoms with van der Waals surface area (Å²) < 4.78 is 18.8. The first-order chi connectivity index (χ1) is 14.4. The number of benzene rings is 2. The Bertz CT molecular complexity index is 812. The molecule has 1 unspecified atom stereocenters. The molecule has 2 aromatic carbocycles. The van der Waals surface area contributed by atoms with Crippen molar-refractivity contribution in [1.29, 1.82) is 0 Å². The van der Waals surface area contributed by atoms with Gasteiger partial charge in [0.1, 0.15) is 17.6 Å². The van der Waals surface area contributed by atoms with Gasteiger partial charge in [-0.3, -0.25) is 9.59 Å². The Labute approximate surface area is 182 Å². The maximum atomic E-state index is 13.2. The Hall–Kier alpha value is -2.60. The van der Waals surface area contributed by atoms with E-state index in [1.54, 1.807) is 43.3 Å². The van der Waals surface area contributed by atoms with E-state index in [0.29, 0.717) is 30.3 Å². The Balaban J connectivity index is 1.96. The Morgan fingerprint density at radius 3 is 2.43 bits per heavy atom. The lowest BCUT2D eigenvalue weighted by Gasteiger charge is -2.29. The molecule has 0 bridgehead atoms. The van der Waals surface area contributed by atoms with Crippen LogP contribution in [0.25, 0.3) is 0 Å². The first-order valence-corrected chi connectivity index (χ1v) is 10.5. The molecule has 0 saturated carbocycles. The average molecular weight is 435 g/mol. The zero-order valence-corrected chi connectivity index (χ0v) is 18.1. The van der Waals surface area contributed by atoms with Gasteiger partial charge in [-0.05, 0) is 61.7 Å². The van der Waals surface area contributed by atoms with Crippen molar-refractivity contribution in [3.05, 3.63) is 64.9 Å². The van der Waals surface area contributed by atoms with Gasteiger partial charge in [0.25, 0.3) is 0 Å². The number of amides is 2. The third-order valence-electron chi connectivity index (χ3n) is 4.60. The number of halogens is 2. The number of ether oxygens (including phenoxy) is 1. The minimum atomic E-state index is -0.633. The minimum Gasteiger partial charge on any atom is -0.494 e. The fourth-order valence-electron chi connectivity index (χ4n) is 2.85. The maximum Gasteiger partial charge on any atom is 0.242 e. The molecular formula is C23H28ClFN2O3. The van der Waals surface area contributed by atoms with Gasteiger partial charge >= 0.3 is 0 Å². The van der Waals surface area contributed by atoms with E-state index in [2.05, 4.69) is 5.32 Å². The minimum absolute atomic E-state index is 0.154. The lowest BCUT2D eigenvalue weighted by atomic mass is 10.1. The quantitative estimate of drug-likeness (QED) is 0.526. The highest BCUT2D eigenvalue weighted by Gasteiger charge is 2.25. The average Bonchev–Trinajstić information content (AvgIpc) is 2.75. The highest BCUT2D eigenvalue weighted by atomic mass is 35.5. The molecule has 0 radical (unpaired) electrons. The number of nitrogens with one attached hydrogen (secondary N) is 1. The summed E-state index contributed by atoms with van der Waals surface area (Å²) in [4.78, 5) is 26.9. The van der Waals surface area contributed by atoms with Crippen LogP contribution in [0, 0.1) is 5.82 Å². The summed E-state index contributed by atoms with van der Waals surface area (Å²) in [7, 11) is 0. The van der Waals surface area contributed by atoms with Crippen molar-refractivity contribution in [2.75, 3.05) is 13.2 Å². The highest BCUT2D eigenvalue weighted by Crippen LogP contribution is 2.16. The lowest BCUT2D eigenvalue weighted by molar-refractivity contribution is -0.140. The fourth-order valence-corrected chi connectivity index (χ4v) is 2.98. The van der Waals surface area contributed by atoms with Crippen molar-refractivity contribution in [2.45, 2.75) is 45.7 Å². The Morgan fingerprint density at radius 1 is 1.13 bits per heavy atom. The Kier molecular flexibility index (Phi) is 9.61. The molecule has 0 saturated heterocycles. The van der Waals surface area contributed by atoms with Gasteiger partial charge in [0.2, 0.25) is 11.8 Å². The van der Waals surface area contributed by atoms with Crippen LogP contribution in [0.5, 0.6) is 5.75 Å². The second kappa shape index (κ2) is 12.2. The van der Waals surface area contributed by atoms with Crippen molar-refractivity contribution in [3.8, 4) is 5.75 Å². The molecule has 0 aromatic heterocycles. The molecular weight excluding hydrogens is 407 g/mol. The van der Waals surface area contributed by atoms with Crippen LogP contribution in [0.1, 0.15) is 38.7 Å². The van der Waals surface area contributed by atoms with Crippen molar-refractivity contribution in [1.82, 2.24) is 10.2 Å². The zero-order chi connectivity index (χ0) is 21.9. The maximum absolute atomic E-state index is 13.2. The van der Waals surface area contributed by atoms with Gasteiger partial charge in [0.15, 0.2) is 0 Å². The van der Waals surface area contributed by atoms with Crippen LogP contribution in [-0.4, -0.2) is 35.9 Å². The second-order valence-corrected chi connectivity index (χ2v) is 7.46. The van der Waals surface area contributed by atoms with Crippen molar-refractivity contribution in [2.24, 2.45) is 0 Å². The molecule has 30 heavy (non-hydrogen) atoms. The van der Waals surface area contributed by atoms with Crippen molar-refractivity contribution < 1.29 is 18.7 Å². The number of carbonyl (C=O) groups is 2. The SMILES string of the molecule is CCCNC(=O)C(C)N(Cc1ccc(F)cc1)C(=O)CCCOc1ccc(Cl)cc1. The fraction of sp³-hybridized carbons (Fsp3) is 0.391. The van der Waals surface area contributed by atoms with E-state index in [4.69, 9.17) is 16.3 Å². The summed E-state index contributed by atoms with van der Waals surface area (Å²) in [5.41, 5.74) is 0.761. The number of nitrogens with zero attached hydrogens (tertiary/aromatic N) is 1. The molecule has 7 heteroatoms. The van der Waals surface area contributed by atoms with Gasteiger partial charge < -0.3 is 15.0 Å².